The Balaban J connectivity index is 1.69. The summed E-state index contributed by atoms with van der Waals surface area (Å²) in [6.07, 6.45) is 1.60. The van der Waals surface area contributed by atoms with E-state index in [0.29, 0.717) is 17.5 Å². The van der Waals surface area contributed by atoms with Gasteiger partial charge < -0.3 is 4.90 Å². The van der Waals surface area contributed by atoms with Crippen LogP contribution in [0.5, 0.6) is 0 Å². The van der Waals surface area contributed by atoms with Crippen LogP contribution in [0.3, 0.4) is 0 Å². The maximum atomic E-state index is 13.2. The van der Waals surface area contributed by atoms with E-state index < -0.39 is 0 Å². The highest BCUT2D eigenvalue weighted by Gasteiger charge is 2.14. The predicted octanol–water partition coefficient (Wildman–Crippen LogP) is 4.18. The molecule has 1 amide bonds. The molecular weight excluding hydrogens is 382 g/mol. The van der Waals surface area contributed by atoms with Crippen molar-refractivity contribution in [3.8, 4) is 11.1 Å². The Morgan fingerprint density at radius 3 is 2.41 bits per heavy atom. The lowest BCUT2D eigenvalue weighted by atomic mass is 10.1. The Bertz CT molecular complexity index is 1240. The van der Waals surface area contributed by atoms with Gasteiger partial charge in [0.05, 0.1) is 18.3 Å². The van der Waals surface area contributed by atoms with Crippen LogP contribution in [0.15, 0.2) is 65.0 Å². The third kappa shape index (κ3) is 3.71. The molecule has 0 saturated carbocycles. The second-order valence-corrected chi connectivity index (χ2v) is 8.13. The van der Waals surface area contributed by atoms with Gasteiger partial charge in [-0.3, -0.25) is 14.2 Å². The Labute approximate surface area is 172 Å². The van der Waals surface area contributed by atoms with Crippen LogP contribution < -0.4 is 5.56 Å². The van der Waals surface area contributed by atoms with Crippen LogP contribution >= 0.6 is 11.3 Å². The van der Waals surface area contributed by atoms with Crippen LogP contribution in [0.2, 0.25) is 0 Å². The predicted molar refractivity (Wildman–Crippen MR) is 118 cm³/mol. The number of carbonyl (C=O) groups is 1. The number of thiophene rings is 1. The number of carbonyl (C=O) groups excluding carboxylic acids is 1. The Morgan fingerprint density at radius 2 is 1.76 bits per heavy atom. The molecular formula is C23H21N3O2S. The van der Waals surface area contributed by atoms with Gasteiger partial charge in [0.25, 0.3) is 11.5 Å². The first-order chi connectivity index (χ1) is 13.9. The van der Waals surface area contributed by atoms with Crippen LogP contribution in [0.25, 0.3) is 21.3 Å². The van der Waals surface area contributed by atoms with Gasteiger partial charge in [-0.15, -0.1) is 11.3 Å². The van der Waals surface area contributed by atoms with Crippen molar-refractivity contribution in [3.63, 3.8) is 0 Å². The van der Waals surface area contributed by atoms with Gasteiger partial charge in [-0.05, 0) is 30.2 Å². The lowest BCUT2D eigenvalue weighted by molar-refractivity contribution is 0.0827. The number of hydrogen-bond acceptors (Lipinski definition) is 4. The summed E-state index contributed by atoms with van der Waals surface area (Å²) in [7, 11) is 3.45. The molecule has 6 heteroatoms. The number of rotatable bonds is 4. The molecule has 4 aromatic rings. The molecule has 0 aliphatic carbocycles. The maximum absolute atomic E-state index is 13.2. The molecule has 5 nitrogen and oxygen atoms in total. The fourth-order valence-electron chi connectivity index (χ4n) is 3.23. The number of hydrogen-bond donors (Lipinski definition) is 0. The van der Waals surface area contributed by atoms with E-state index in [2.05, 4.69) is 4.98 Å². The van der Waals surface area contributed by atoms with Gasteiger partial charge >= 0.3 is 0 Å². The number of aryl methyl sites for hydroxylation is 1. The lowest BCUT2D eigenvalue weighted by Gasteiger charge is -2.11. The van der Waals surface area contributed by atoms with Crippen molar-refractivity contribution in [2.45, 2.75) is 13.5 Å². The molecule has 4 rings (SSSR count). The van der Waals surface area contributed by atoms with E-state index in [4.69, 9.17) is 0 Å². The summed E-state index contributed by atoms with van der Waals surface area (Å²) in [4.78, 5) is 32.0. The highest BCUT2D eigenvalue weighted by molar-refractivity contribution is 7.17. The van der Waals surface area contributed by atoms with Gasteiger partial charge in [0.1, 0.15) is 4.83 Å². The van der Waals surface area contributed by atoms with Crippen LogP contribution in [0.1, 0.15) is 21.5 Å². The van der Waals surface area contributed by atoms with E-state index in [0.717, 1.165) is 21.5 Å². The van der Waals surface area contributed by atoms with Gasteiger partial charge in [-0.1, -0.05) is 42.0 Å². The molecule has 2 aromatic carbocycles. The molecule has 0 bridgehead atoms. The summed E-state index contributed by atoms with van der Waals surface area (Å²) in [6.45, 7) is 2.45. The molecule has 29 heavy (non-hydrogen) atoms. The molecule has 0 unspecified atom stereocenters. The number of benzene rings is 2. The molecule has 0 saturated heterocycles. The topological polar surface area (TPSA) is 55.2 Å². The summed E-state index contributed by atoms with van der Waals surface area (Å²) in [6, 6.07) is 15.5. The average molecular weight is 404 g/mol. The van der Waals surface area contributed by atoms with Crippen LogP contribution in [-0.4, -0.2) is 34.5 Å². The van der Waals surface area contributed by atoms with Crippen molar-refractivity contribution in [1.29, 1.82) is 0 Å². The zero-order chi connectivity index (χ0) is 20.5. The summed E-state index contributed by atoms with van der Waals surface area (Å²) < 4.78 is 1.62. The summed E-state index contributed by atoms with van der Waals surface area (Å²) in [5.74, 6) is -0.0437. The largest absolute Gasteiger partial charge is 0.345 e. The summed E-state index contributed by atoms with van der Waals surface area (Å²) in [5, 5.41) is 2.65. The van der Waals surface area contributed by atoms with Crippen molar-refractivity contribution >= 4 is 27.5 Å². The van der Waals surface area contributed by atoms with Crippen molar-refractivity contribution in [2.24, 2.45) is 0 Å². The monoisotopic (exact) mass is 403 g/mol. The molecule has 146 valence electrons. The standard InChI is InChI=1S/C23H21N3O2S/c1-15-4-8-17(9-5-15)19-13-29-21-20(19)23(28)26(14-24-21)12-16-6-10-18(11-7-16)22(27)25(2)3/h4-11,13-14H,12H2,1-3H3. The first kappa shape index (κ1) is 19.1. The Hall–Kier alpha value is -3.25. The average Bonchev–Trinajstić information content (AvgIpc) is 3.15. The molecule has 0 aliphatic heterocycles. The highest BCUT2D eigenvalue weighted by Crippen LogP contribution is 2.30. The quantitative estimate of drug-likeness (QED) is 0.514. The molecule has 0 radical (unpaired) electrons. The third-order valence-corrected chi connectivity index (χ3v) is 5.77. The smallest absolute Gasteiger partial charge is 0.263 e. The number of nitrogens with zero attached hydrogens (tertiary/aromatic N) is 3. The van der Waals surface area contributed by atoms with Crippen molar-refractivity contribution in [1.82, 2.24) is 14.5 Å². The molecule has 0 aliphatic rings. The first-order valence-corrected chi connectivity index (χ1v) is 10.2. The molecule has 0 fully saturated rings. The fourth-order valence-corrected chi connectivity index (χ4v) is 4.14. The normalized spacial score (nSPS) is 11.0. The minimum Gasteiger partial charge on any atom is -0.345 e. The van der Waals surface area contributed by atoms with E-state index in [1.165, 1.54) is 16.9 Å². The van der Waals surface area contributed by atoms with Gasteiger partial charge in [0.15, 0.2) is 0 Å². The molecule has 0 atom stereocenters. The number of aromatic nitrogens is 2. The fraction of sp³-hybridized carbons (Fsp3) is 0.174. The summed E-state index contributed by atoms with van der Waals surface area (Å²) >= 11 is 1.48. The Kier molecular flexibility index (Phi) is 5.03. The molecule has 2 heterocycles. The molecule has 2 aromatic heterocycles. The van der Waals surface area contributed by atoms with E-state index >= 15 is 0 Å². The zero-order valence-corrected chi connectivity index (χ0v) is 17.4. The number of fused-ring (bicyclic) bond motifs is 1. The van der Waals surface area contributed by atoms with Crippen molar-refractivity contribution in [3.05, 3.63) is 87.3 Å². The van der Waals surface area contributed by atoms with Crippen LogP contribution in [0.4, 0.5) is 0 Å². The van der Waals surface area contributed by atoms with E-state index in [9.17, 15) is 9.59 Å². The van der Waals surface area contributed by atoms with E-state index in [1.54, 1.807) is 42.0 Å². The number of amides is 1. The van der Waals surface area contributed by atoms with Crippen LogP contribution in [0, 0.1) is 6.92 Å². The first-order valence-electron chi connectivity index (χ1n) is 9.28. The van der Waals surface area contributed by atoms with Gasteiger partial charge in [-0.25, -0.2) is 4.98 Å². The van der Waals surface area contributed by atoms with Gasteiger partial charge in [-0.2, -0.15) is 0 Å². The minimum absolute atomic E-state index is 0.0437. The minimum atomic E-state index is -0.0553. The Morgan fingerprint density at radius 1 is 1.07 bits per heavy atom. The second kappa shape index (κ2) is 7.64. The molecule has 0 spiro atoms. The maximum Gasteiger partial charge on any atom is 0.263 e. The van der Waals surface area contributed by atoms with Gasteiger partial charge in [0.2, 0.25) is 0 Å². The second-order valence-electron chi connectivity index (χ2n) is 7.27. The van der Waals surface area contributed by atoms with E-state index in [1.807, 2.05) is 48.7 Å². The zero-order valence-electron chi connectivity index (χ0n) is 16.5. The third-order valence-electron chi connectivity index (χ3n) is 4.88. The van der Waals surface area contributed by atoms with Crippen molar-refractivity contribution in [2.75, 3.05) is 14.1 Å². The summed E-state index contributed by atoms with van der Waals surface area (Å²) in [5.41, 5.74) is 4.63. The van der Waals surface area contributed by atoms with E-state index in [-0.39, 0.29) is 11.5 Å². The van der Waals surface area contributed by atoms with Crippen LogP contribution in [-0.2, 0) is 6.54 Å². The lowest BCUT2D eigenvalue weighted by Crippen LogP contribution is -2.22. The SMILES string of the molecule is Cc1ccc(-c2csc3ncn(Cc4ccc(C(=O)N(C)C)cc4)c(=O)c23)cc1. The highest BCUT2D eigenvalue weighted by atomic mass is 32.1. The van der Waals surface area contributed by atoms with Crippen molar-refractivity contribution < 1.29 is 4.79 Å². The molecule has 0 N–H and O–H groups in total. The van der Waals surface area contributed by atoms with Gasteiger partial charge in [0, 0.05) is 30.6 Å².